The minimum atomic E-state index is 0.331. The molecule has 14 heavy (non-hydrogen) atoms. The lowest BCUT2D eigenvalue weighted by Gasteiger charge is -2.34. The minimum Gasteiger partial charge on any atom is -0.396 e. The highest BCUT2D eigenvalue weighted by molar-refractivity contribution is 4.78. The summed E-state index contributed by atoms with van der Waals surface area (Å²) in [5, 5.41) is 12.4. The van der Waals surface area contributed by atoms with Crippen LogP contribution in [0, 0.1) is 11.8 Å². The zero-order valence-electron chi connectivity index (χ0n) is 9.50. The van der Waals surface area contributed by atoms with E-state index in [0.29, 0.717) is 12.5 Å². The van der Waals surface area contributed by atoms with Crippen LogP contribution in [0.1, 0.15) is 19.8 Å². The van der Waals surface area contributed by atoms with E-state index in [1.807, 2.05) is 7.05 Å². The summed E-state index contributed by atoms with van der Waals surface area (Å²) < 4.78 is 0. The average Bonchev–Trinajstić information content (AvgIpc) is 2.26. The molecule has 0 saturated carbocycles. The molecule has 2 N–H and O–H groups in total. The van der Waals surface area contributed by atoms with Gasteiger partial charge in [-0.05, 0) is 51.4 Å². The summed E-state index contributed by atoms with van der Waals surface area (Å²) in [7, 11) is 1.96. The Morgan fingerprint density at radius 2 is 2.07 bits per heavy atom. The SMILES string of the molecule is CCN1CCC(C(CO)CNC)CC1. The van der Waals surface area contributed by atoms with Crippen molar-refractivity contribution >= 4 is 0 Å². The van der Waals surface area contributed by atoms with Gasteiger partial charge in [-0.1, -0.05) is 6.92 Å². The smallest absolute Gasteiger partial charge is 0.0474 e. The van der Waals surface area contributed by atoms with E-state index < -0.39 is 0 Å². The van der Waals surface area contributed by atoms with Gasteiger partial charge in [0, 0.05) is 13.2 Å². The summed E-state index contributed by atoms with van der Waals surface area (Å²) in [6.45, 7) is 7.09. The van der Waals surface area contributed by atoms with Crippen LogP contribution in [0.4, 0.5) is 0 Å². The maximum atomic E-state index is 9.28. The van der Waals surface area contributed by atoms with E-state index in [9.17, 15) is 5.11 Å². The Morgan fingerprint density at radius 1 is 1.43 bits per heavy atom. The van der Waals surface area contributed by atoms with Crippen molar-refractivity contribution in [3.05, 3.63) is 0 Å². The Hall–Kier alpha value is -0.120. The second-order valence-corrected chi connectivity index (χ2v) is 4.27. The molecule has 84 valence electrons. The third-order valence-electron chi connectivity index (χ3n) is 3.45. The maximum Gasteiger partial charge on any atom is 0.0474 e. The predicted molar refractivity (Wildman–Crippen MR) is 59.3 cm³/mol. The van der Waals surface area contributed by atoms with Gasteiger partial charge in [-0.25, -0.2) is 0 Å². The standard InChI is InChI=1S/C11H24N2O/c1-3-13-6-4-10(5-7-13)11(9-14)8-12-2/h10-12,14H,3-9H2,1-2H3. The van der Waals surface area contributed by atoms with Crippen LogP contribution in [0.3, 0.4) is 0 Å². The Morgan fingerprint density at radius 3 is 2.50 bits per heavy atom. The van der Waals surface area contributed by atoms with Crippen molar-refractivity contribution in [1.82, 2.24) is 10.2 Å². The topological polar surface area (TPSA) is 35.5 Å². The fourth-order valence-electron chi connectivity index (χ4n) is 2.38. The molecule has 0 aromatic heterocycles. The van der Waals surface area contributed by atoms with E-state index >= 15 is 0 Å². The van der Waals surface area contributed by atoms with Crippen LogP contribution in [-0.4, -0.2) is 49.8 Å². The molecule has 0 amide bonds. The largest absolute Gasteiger partial charge is 0.396 e. The first kappa shape index (κ1) is 12.0. The molecular formula is C11H24N2O. The van der Waals surface area contributed by atoms with E-state index in [0.717, 1.165) is 12.5 Å². The molecule has 1 aliphatic heterocycles. The first-order valence-electron chi connectivity index (χ1n) is 5.79. The van der Waals surface area contributed by atoms with Crippen molar-refractivity contribution < 1.29 is 5.11 Å². The summed E-state index contributed by atoms with van der Waals surface area (Å²) in [5.74, 6) is 1.18. The van der Waals surface area contributed by atoms with Crippen molar-refractivity contribution in [1.29, 1.82) is 0 Å². The predicted octanol–water partition coefficient (Wildman–Crippen LogP) is 0.546. The first-order valence-corrected chi connectivity index (χ1v) is 5.79. The van der Waals surface area contributed by atoms with Crippen molar-refractivity contribution in [3.63, 3.8) is 0 Å². The van der Waals surface area contributed by atoms with E-state index in [1.165, 1.54) is 32.5 Å². The van der Waals surface area contributed by atoms with Crippen molar-refractivity contribution in [2.45, 2.75) is 19.8 Å². The average molecular weight is 200 g/mol. The van der Waals surface area contributed by atoms with E-state index in [-0.39, 0.29) is 0 Å². The molecule has 0 radical (unpaired) electrons. The maximum absolute atomic E-state index is 9.28. The van der Waals surface area contributed by atoms with E-state index in [4.69, 9.17) is 0 Å². The highest BCUT2D eigenvalue weighted by Gasteiger charge is 2.24. The number of nitrogens with one attached hydrogen (secondary N) is 1. The molecule has 0 spiro atoms. The second kappa shape index (κ2) is 6.38. The summed E-state index contributed by atoms with van der Waals surface area (Å²) in [4.78, 5) is 2.49. The first-order chi connectivity index (χ1) is 6.81. The summed E-state index contributed by atoms with van der Waals surface area (Å²) in [5.41, 5.74) is 0. The summed E-state index contributed by atoms with van der Waals surface area (Å²) in [6.07, 6.45) is 2.50. The molecule has 1 rings (SSSR count). The molecule has 3 heteroatoms. The fraction of sp³-hybridized carbons (Fsp3) is 1.00. The van der Waals surface area contributed by atoms with Crippen LogP contribution in [-0.2, 0) is 0 Å². The lowest BCUT2D eigenvalue weighted by molar-refractivity contribution is 0.110. The van der Waals surface area contributed by atoms with Gasteiger partial charge in [-0.3, -0.25) is 0 Å². The Balaban J connectivity index is 2.31. The van der Waals surface area contributed by atoms with Crippen LogP contribution in [0.5, 0.6) is 0 Å². The van der Waals surface area contributed by atoms with Crippen LogP contribution < -0.4 is 5.32 Å². The molecule has 0 aromatic rings. The van der Waals surface area contributed by atoms with Gasteiger partial charge in [0.25, 0.3) is 0 Å². The number of nitrogens with zero attached hydrogens (tertiary/aromatic N) is 1. The van der Waals surface area contributed by atoms with Gasteiger partial charge in [0.05, 0.1) is 0 Å². The number of hydrogen-bond donors (Lipinski definition) is 2. The zero-order valence-corrected chi connectivity index (χ0v) is 9.50. The molecule has 1 fully saturated rings. The van der Waals surface area contributed by atoms with Gasteiger partial charge < -0.3 is 15.3 Å². The second-order valence-electron chi connectivity index (χ2n) is 4.27. The minimum absolute atomic E-state index is 0.331. The fourth-order valence-corrected chi connectivity index (χ4v) is 2.38. The monoisotopic (exact) mass is 200 g/mol. The van der Waals surface area contributed by atoms with Crippen LogP contribution >= 0.6 is 0 Å². The highest BCUT2D eigenvalue weighted by atomic mass is 16.3. The van der Waals surface area contributed by atoms with Crippen molar-refractivity contribution in [3.8, 4) is 0 Å². The van der Waals surface area contributed by atoms with Crippen LogP contribution in [0.2, 0.25) is 0 Å². The molecular weight excluding hydrogens is 176 g/mol. The zero-order chi connectivity index (χ0) is 10.4. The number of aliphatic hydroxyl groups is 1. The molecule has 1 saturated heterocycles. The lowest BCUT2D eigenvalue weighted by atomic mass is 9.84. The Bertz CT molecular complexity index is 144. The van der Waals surface area contributed by atoms with Gasteiger partial charge in [0.15, 0.2) is 0 Å². The number of aliphatic hydroxyl groups excluding tert-OH is 1. The molecule has 1 unspecified atom stereocenters. The van der Waals surface area contributed by atoms with Crippen molar-refractivity contribution in [2.24, 2.45) is 11.8 Å². The molecule has 1 heterocycles. The number of hydrogen-bond acceptors (Lipinski definition) is 3. The third kappa shape index (κ3) is 3.23. The summed E-state index contributed by atoms with van der Waals surface area (Å²) in [6, 6.07) is 0. The van der Waals surface area contributed by atoms with Gasteiger partial charge >= 0.3 is 0 Å². The molecule has 3 nitrogen and oxygen atoms in total. The normalized spacial score (nSPS) is 22.5. The lowest BCUT2D eigenvalue weighted by Crippen LogP contribution is -2.39. The third-order valence-corrected chi connectivity index (χ3v) is 3.45. The van der Waals surface area contributed by atoms with Crippen molar-refractivity contribution in [2.75, 3.05) is 39.8 Å². The number of piperidine rings is 1. The number of likely N-dealkylation sites (tertiary alicyclic amines) is 1. The van der Waals surface area contributed by atoms with E-state index in [1.54, 1.807) is 0 Å². The summed E-state index contributed by atoms with van der Waals surface area (Å²) >= 11 is 0. The van der Waals surface area contributed by atoms with Gasteiger partial charge in [-0.2, -0.15) is 0 Å². The van der Waals surface area contributed by atoms with Gasteiger partial charge in [0.1, 0.15) is 0 Å². The number of rotatable bonds is 5. The van der Waals surface area contributed by atoms with Gasteiger partial charge in [0.2, 0.25) is 0 Å². The molecule has 0 aromatic carbocycles. The Labute approximate surface area is 87.5 Å². The molecule has 1 atom stereocenters. The van der Waals surface area contributed by atoms with Crippen LogP contribution in [0.25, 0.3) is 0 Å². The van der Waals surface area contributed by atoms with E-state index in [2.05, 4.69) is 17.1 Å². The quantitative estimate of drug-likeness (QED) is 0.680. The molecule has 1 aliphatic rings. The molecule has 0 bridgehead atoms. The Kier molecular flexibility index (Phi) is 5.45. The van der Waals surface area contributed by atoms with Crippen LogP contribution in [0.15, 0.2) is 0 Å². The highest BCUT2D eigenvalue weighted by Crippen LogP contribution is 2.24. The molecule has 0 aliphatic carbocycles. The van der Waals surface area contributed by atoms with Gasteiger partial charge in [-0.15, -0.1) is 0 Å².